The fraction of sp³-hybridized carbons (Fsp3) is 0.667. The largest absolute Gasteiger partial charge is 1.00 e. The molecule has 0 aromatic heterocycles. The number of hydrogen-bond donors (Lipinski definition) is 3. The summed E-state index contributed by atoms with van der Waals surface area (Å²) in [6.07, 6.45) is 0.333. The summed E-state index contributed by atoms with van der Waals surface area (Å²) in [4.78, 5) is 21.6. The standard InChI is InChI=1S/C3H5O.Na.H3O4P/c1-3-2-4-3;;1-5(2,3)4/h3H,1-2H2;;(H3,1,2,3,4)/q-1;+1;. The van der Waals surface area contributed by atoms with E-state index in [-0.39, 0.29) is 29.6 Å². The fourth-order valence-corrected chi connectivity index (χ4v) is 0.0680. The monoisotopic (exact) mass is 178 g/mol. The van der Waals surface area contributed by atoms with Crippen molar-refractivity contribution in [1.29, 1.82) is 0 Å². The van der Waals surface area contributed by atoms with Crippen LogP contribution in [0.4, 0.5) is 0 Å². The Labute approximate surface area is 80.9 Å². The van der Waals surface area contributed by atoms with E-state index in [1.54, 1.807) is 0 Å². The summed E-state index contributed by atoms with van der Waals surface area (Å²) < 4.78 is 13.5. The van der Waals surface area contributed by atoms with Gasteiger partial charge in [0.1, 0.15) is 0 Å². The van der Waals surface area contributed by atoms with Crippen molar-refractivity contribution in [1.82, 2.24) is 0 Å². The zero-order chi connectivity index (χ0) is 7.49. The molecule has 0 aromatic carbocycles. The van der Waals surface area contributed by atoms with E-state index in [1.165, 1.54) is 0 Å². The molecule has 1 heterocycles. The zero-order valence-corrected chi connectivity index (χ0v) is 8.49. The zero-order valence-electron chi connectivity index (χ0n) is 5.60. The third kappa shape index (κ3) is 35.7. The van der Waals surface area contributed by atoms with E-state index in [9.17, 15) is 0 Å². The molecule has 56 valence electrons. The van der Waals surface area contributed by atoms with Gasteiger partial charge < -0.3 is 26.3 Å². The average Bonchev–Trinajstić information content (AvgIpc) is 2.13. The number of phosphoric acid groups is 1. The van der Waals surface area contributed by atoms with Gasteiger partial charge in [-0.15, -0.1) is 0 Å². The summed E-state index contributed by atoms with van der Waals surface area (Å²) in [7, 11) is -4.64. The van der Waals surface area contributed by atoms with Gasteiger partial charge in [-0.1, -0.05) is 0 Å². The molecule has 7 heteroatoms. The first kappa shape index (κ1) is 13.6. The molecule has 10 heavy (non-hydrogen) atoms. The van der Waals surface area contributed by atoms with E-state index < -0.39 is 7.82 Å². The van der Waals surface area contributed by atoms with E-state index >= 15 is 0 Å². The molecule has 0 aromatic rings. The summed E-state index contributed by atoms with van der Waals surface area (Å²) in [6, 6.07) is 0. The Hall–Kier alpha value is 1.07. The molecule has 0 radical (unpaired) electrons. The number of ether oxygens (including phenoxy) is 1. The Morgan fingerprint density at radius 1 is 1.50 bits per heavy atom. The summed E-state index contributed by atoms with van der Waals surface area (Å²) in [5.74, 6) is 0. The van der Waals surface area contributed by atoms with Crippen LogP contribution in [0.1, 0.15) is 0 Å². The second-order valence-corrected chi connectivity index (χ2v) is 2.50. The molecule has 0 amide bonds. The number of epoxide rings is 1. The maximum atomic E-state index is 8.88. The Kier molecular flexibility index (Phi) is 7.76. The molecule has 1 saturated heterocycles. The van der Waals surface area contributed by atoms with Crippen molar-refractivity contribution in [2.45, 2.75) is 6.10 Å². The summed E-state index contributed by atoms with van der Waals surface area (Å²) in [5, 5.41) is 0. The molecule has 3 N–H and O–H groups in total. The van der Waals surface area contributed by atoms with Crippen molar-refractivity contribution in [3.8, 4) is 0 Å². The molecular weight excluding hydrogens is 170 g/mol. The minimum absolute atomic E-state index is 0. The van der Waals surface area contributed by atoms with E-state index in [0.717, 1.165) is 6.61 Å². The minimum Gasteiger partial charge on any atom is -0.408 e. The van der Waals surface area contributed by atoms with Gasteiger partial charge in [-0.3, -0.25) is 0 Å². The van der Waals surface area contributed by atoms with E-state index in [0.29, 0.717) is 6.10 Å². The quantitative estimate of drug-likeness (QED) is 0.154. The first-order chi connectivity index (χ1) is 3.89. The normalized spacial score (nSPS) is 21.8. The molecular formula is C3H8NaO5P. The van der Waals surface area contributed by atoms with Crippen LogP contribution in [0.25, 0.3) is 0 Å². The Morgan fingerprint density at radius 3 is 1.60 bits per heavy atom. The fourth-order valence-electron chi connectivity index (χ4n) is 0.0680. The van der Waals surface area contributed by atoms with Crippen LogP contribution >= 0.6 is 7.82 Å². The smallest absolute Gasteiger partial charge is 0.408 e. The predicted molar refractivity (Wildman–Crippen MR) is 29.4 cm³/mol. The van der Waals surface area contributed by atoms with Gasteiger partial charge in [-0.05, 0) is 6.10 Å². The van der Waals surface area contributed by atoms with Gasteiger partial charge in [0.2, 0.25) is 0 Å². The Bertz CT molecular complexity index is 110. The van der Waals surface area contributed by atoms with Gasteiger partial charge >= 0.3 is 37.4 Å². The summed E-state index contributed by atoms with van der Waals surface area (Å²) in [5.41, 5.74) is 0. The SMILES string of the molecule is O=P(O)(O)O.[CH2-]C1CO1.[Na+]. The third-order valence-electron chi connectivity index (χ3n) is 0.402. The number of hydrogen-bond acceptors (Lipinski definition) is 2. The van der Waals surface area contributed by atoms with Crippen molar-refractivity contribution in [3.05, 3.63) is 6.92 Å². The molecule has 5 nitrogen and oxygen atoms in total. The topological polar surface area (TPSA) is 90.3 Å². The Balaban J connectivity index is 0. The average molecular weight is 178 g/mol. The van der Waals surface area contributed by atoms with Crippen molar-refractivity contribution < 1.29 is 53.5 Å². The minimum atomic E-state index is -4.64. The van der Waals surface area contributed by atoms with Crippen LogP contribution in [0.15, 0.2) is 0 Å². The van der Waals surface area contributed by atoms with Crippen LogP contribution in [0.5, 0.6) is 0 Å². The summed E-state index contributed by atoms with van der Waals surface area (Å²) in [6.45, 7) is 4.40. The molecule has 0 bridgehead atoms. The molecule has 0 saturated carbocycles. The van der Waals surface area contributed by atoms with Crippen LogP contribution < -0.4 is 29.6 Å². The van der Waals surface area contributed by atoms with Gasteiger partial charge in [-0.2, -0.15) is 0 Å². The van der Waals surface area contributed by atoms with Crippen LogP contribution in [-0.4, -0.2) is 27.4 Å². The van der Waals surface area contributed by atoms with Crippen molar-refractivity contribution in [2.75, 3.05) is 6.61 Å². The molecule has 1 aliphatic heterocycles. The van der Waals surface area contributed by atoms with Crippen molar-refractivity contribution >= 4 is 7.82 Å². The van der Waals surface area contributed by atoms with Crippen molar-refractivity contribution in [2.24, 2.45) is 0 Å². The van der Waals surface area contributed by atoms with Crippen LogP contribution in [0.3, 0.4) is 0 Å². The van der Waals surface area contributed by atoms with Gasteiger partial charge in [0, 0.05) is 6.61 Å². The van der Waals surface area contributed by atoms with Crippen LogP contribution in [-0.2, 0) is 9.30 Å². The van der Waals surface area contributed by atoms with E-state index in [1.807, 2.05) is 0 Å². The first-order valence-electron chi connectivity index (χ1n) is 2.12. The molecule has 1 aliphatic rings. The van der Waals surface area contributed by atoms with Gasteiger partial charge in [0.05, 0.1) is 0 Å². The van der Waals surface area contributed by atoms with Crippen LogP contribution in [0, 0.1) is 6.92 Å². The number of rotatable bonds is 0. The maximum absolute atomic E-state index is 8.88. The van der Waals surface area contributed by atoms with Gasteiger partial charge in [0.15, 0.2) is 0 Å². The van der Waals surface area contributed by atoms with E-state index in [4.69, 9.17) is 19.2 Å². The maximum Gasteiger partial charge on any atom is 1.00 e. The molecule has 0 spiro atoms. The van der Waals surface area contributed by atoms with Crippen LogP contribution in [0.2, 0.25) is 0 Å². The summed E-state index contributed by atoms with van der Waals surface area (Å²) >= 11 is 0. The molecule has 1 fully saturated rings. The third-order valence-corrected chi connectivity index (χ3v) is 0.402. The molecule has 1 rings (SSSR count). The van der Waals surface area contributed by atoms with Gasteiger partial charge in [0.25, 0.3) is 0 Å². The second-order valence-electron chi connectivity index (χ2n) is 1.47. The van der Waals surface area contributed by atoms with Crippen molar-refractivity contribution in [3.63, 3.8) is 0 Å². The first-order valence-corrected chi connectivity index (χ1v) is 3.69. The molecule has 0 aliphatic carbocycles. The van der Waals surface area contributed by atoms with Gasteiger partial charge in [-0.25, -0.2) is 4.57 Å². The molecule has 1 unspecified atom stereocenters. The van der Waals surface area contributed by atoms with E-state index in [2.05, 4.69) is 11.7 Å². The Morgan fingerprint density at radius 2 is 1.60 bits per heavy atom. The molecule has 1 atom stereocenters. The predicted octanol–water partition coefficient (Wildman–Crippen LogP) is -3.71. The second kappa shape index (κ2) is 5.69.